The predicted octanol–water partition coefficient (Wildman–Crippen LogP) is 2.87. The van der Waals surface area contributed by atoms with Gasteiger partial charge in [0.25, 0.3) is 0 Å². The fourth-order valence-electron chi connectivity index (χ4n) is 3.90. The Hall–Kier alpha value is -0.120. The molecule has 0 amide bonds. The Balaban J connectivity index is 0.00000364. The van der Waals surface area contributed by atoms with Crippen LogP contribution in [-0.4, -0.2) is 77.1 Å². The second-order valence-corrected chi connectivity index (χ2v) is 7.64. The first-order valence-electron chi connectivity index (χ1n) is 10.6. The number of halogens is 1. The summed E-state index contributed by atoms with van der Waals surface area (Å²) in [6, 6.07) is 0. The van der Waals surface area contributed by atoms with Crippen molar-refractivity contribution >= 4 is 29.9 Å². The molecule has 1 aliphatic carbocycles. The summed E-state index contributed by atoms with van der Waals surface area (Å²) >= 11 is 0. The third-order valence-corrected chi connectivity index (χ3v) is 5.65. The van der Waals surface area contributed by atoms with Gasteiger partial charge in [-0.15, -0.1) is 24.0 Å². The quantitative estimate of drug-likeness (QED) is 0.169. The number of rotatable bonds is 9. The molecule has 0 spiro atoms. The molecule has 0 atom stereocenters. The number of hydrogen-bond acceptors (Lipinski definition) is 4. The van der Waals surface area contributed by atoms with Crippen LogP contribution in [0.1, 0.15) is 51.4 Å². The van der Waals surface area contributed by atoms with E-state index in [1.54, 1.807) is 7.11 Å². The number of methoxy groups -OCH3 is 1. The first-order valence-corrected chi connectivity index (χ1v) is 10.6. The zero-order chi connectivity index (χ0) is 18.5. The van der Waals surface area contributed by atoms with E-state index in [0.717, 1.165) is 44.7 Å². The zero-order valence-electron chi connectivity index (χ0n) is 17.4. The SMILES string of the molecule is CN=C(NCCOC1CCCCCC1)NCC1CCN(CCOC)CC1.I. The van der Waals surface area contributed by atoms with Crippen molar-refractivity contribution < 1.29 is 9.47 Å². The summed E-state index contributed by atoms with van der Waals surface area (Å²) in [6.45, 7) is 6.84. The van der Waals surface area contributed by atoms with Crippen molar-refractivity contribution in [1.82, 2.24) is 15.5 Å². The van der Waals surface area contributed by atoms with E-state index in [9.17, 15) is 0 Å². The Bertz CT molecular complexity index is 382. The maximum atomic E-state index is 6.04. The third-order valence-electron chi connectivity index (χ3n) is 5.65. The number of piperidine rings is 1. The maximum Gasteiger partial charge on any atom is 0.191 e. The molecule has 2 rings (SSSR count). The molecule has 1 saturated heterocycles. The Morgan fingerprint density at radius 3 is 2.33 bits per heavy atom. The molecule has 0 bridgehead atoms. The molecule has 27 heavy (non-hydrogen) atoms. The highest BCUT2D eigenvalue weighted by atomic mass is 127. The van der Waals surface area contributed by atoms with Gasteiger partial charge in [-0.2, -0.15) is 0 Å². The summed E-state index contributed by atoms with van der Waals surface area (Å²) in [5.74, 6) is 1.63. The van der Waals surface area contributed by atoms with Gasteiger partial charge in [0, 0.05) is 33.8 Å². The van der Waals surface area contributed by atoms with Gasteiger partial charge in [0.15, 0.2) is 5.96 Å². The smallest absolute Gasteiger partial charge is 0.191 e. The van der Waals surface area contributed by atoms with E-state index in [1.165, 1.54) is 64.5 Å². The molecule has 7 heteroatoms. The first kappa shape index (κ1) is 24.9. The predicted molar refractivity (Wildman–Crippen MR) is 123 cm³/mol. The topological polar surface area (TPSA) is 58.1 Å². The highest BCUT2D eigenvalue weighted by Gasteiger charge is 2.19. The number of ether oxygens (including phenoxy) is 2. The van der Waals surface area contributed by atoms with Gasteiger partial charge < -0.3 is 25.0 Å². The molecule has 2 fully saturated rings. The third kappa shape index (κ3) is 10.9. The number of hydrogen-bond donors (Lipinski definition) is 2. The fraction of sp³-hybridized carbons (Fsp3) is 0.950. The second kappa shape index (κ2) is 15.8. The van der Waals surface area contributed by atoms with Gasteiger partial charge in [-0.05, 0) is 44.7 Å². The highest BCUT2D eigenvalue weighted by molar-refractivity contribution is 14.0. The van der Waals surface area contributed by atoms with Crippen molar-refractivity contribution in [3.8, 4) is 0 Å². The lowest BCUT2D eigenvalue weighted by Gasteiger charge is -2.32. The summed E-state index contributed by atoms with van der Waals surface area (Å²) in [5.41, 5.74) is 0. The van der Waals surface area contributed by atoms with E-state index >= 15 is 0 Å². The van der Waals surface area contributed by atoms with Crippen molar-refractivity contribution in [1.29, 1.82) is 0 Å². The standard InChI is InChI=1S/C20H40N4O2.HI/c1-21-20(22-11-15-26-19-7-5-3-4-6-8-19)23-17-18-9-12-24(13-10-18)14-16-25-2;/h18-19H,3-17H2,1-2H3,(H2,21,22,23);1H. The maximum absolute atomic E-state index is 6.04. The molecule has 160 valence electrons. The minimum Gasteiger partial charge on any atom is -0.383 e. The fourth-order valence-corrected chi connectivity index (χ4v) is 3.90. The van der Waals surface area contributed by atoms with Gasteiger partial charge >= 0.3 is 0 Å². The van der Waals surface area contributed by atoms with Gasteiger partial charge in [-0.25, -0.2) is 0 Å². The number of nitrogens with zero attached hydrogens (tertiary/aromatic N) is 2. The lowest BCUT2D eigenvalue weighted by Crippen LogP contribution is -2.44. The molecule has 6 nitrogen and oxygen atoms in total. The van der Waals surface area contributed by atoms with Crippen molar-refractivity contribution in [2.24, 2.45) is 10.9 Å². The van der Waals surface area contributed by atoms with E-state index in [4.69, 9.17) is 9.47 Å². The first-order chi connectivity index (χ1) is 12.8. The van der Waals surface area contributed by atoms with Crippen LogP contribution >= 0.6 is 24.0 Å². The van der Waals surface area contributed by atoms with Gasteiger partial charge in [-0.3, -0.25) is 4.99 Å². The Morgan fingerprint density at radius 1 is 1.00 bits per heavy atom. The molecule has 1 aliphatic heterocycles. The van der Waals surface area contributed by atoms with Crippen molar-refractivity contribution in [2.45, 2.75) is 57.5 Å². The van der Waals surface area contributed by atoms with E-state index in [2.05, 4.69) is 20.5 Å². The molecule has 2 N–H and O–H groups in total. The summed E-state index contributed by atoms with van der Waals surface area (Å²) in [6.07, 6.45) is 10.8. The molecular formula is C20H41IN4O2. The molecular weight excluding hydrogens is 455 g/mol. The Kier molecular flexibility index (Phi) is 14.5. The average molecular weight is 496 g/mol. The van der Waals surface area contributed by atoms with Crippen LogP contribution < -0.4 is 10.6 Å². The lowest BCUT2D eigenvalue weighted by molar-refractivity contribution is 0.0468. The Labute approximate surface area is 183 Å². The van der Waals surface area contributed by atoms with Gasteiger partial charge in [-0.1, -0.05) is 25.7 Å². The minimum atomic E-state index is 0. The van der Waals surface area contributed by atoms with E-state index in [1.807, 2.05) is 7.05 Å². The average Bonchev–Trinajstić information content (AvgIpc) is 2.95. The molecule has 2 aliphatic rings. The van der Waals surface area contributed by atoms with Crippen LogP contribution in [0.2, 0.25) is 0 Å². The molecule has 0 radical (unpaired) electrons. The lowest BCUT2D eigenvalue weighted by atomic mass is 9.97. The van der Waals surface area contributed by atoms with Crippen LogP contribution in [0.5, 0.6) is 0 Å². The summed E-state index contributed by atoms with van der Waals surface area (Å²) in [4.78, 5) is 6.84. The number of likely N-dealkylation sites (tertiary alicyclic amines) is 1. The van der Waals surface area contributed by atoms with Crippen LogP contribution in [-0.2, 0) is 9.47 Å². The van der Waals surface area contributed by atoms with Gasteiger partial charge in [0.1, 0.15) is 0 Å². The van der Waals surface area contributed by atoms with Crippen molar-refractivity contribution in [3.63, 3.8) is 0 Å². The Morgan fingerprint density at radius 2 is 1.70 bits per heavy atom. The summed E-state index contributed by atoms with van der Waals surface area (Å²) in [5, 5.41) is 6.87. The largest absolute Gasteiger partial charge is 0.383 e. The van der Waals surface area contributed by atoms with Crippen molar-refractivity contribution in [3.05, 3.63) is 0 Å². The monoisotopic (exact) mass is 496 g/mol. The van der Waals surface area contributed by atoms with Crippen LogP contribution in [0.3, 0.4) is 0 Å². The number of guanidine groups is 1. The van der Waals surface area contributed by atoms with E-state index in [-0.39, 0.29) is 24.0 Å². The summed E-state index contributed by atoms with van der Waals surface area (Å²) in [7, 11) is 3.62. The van der Waals surface area contributed by atoms with E-state index in [0.29, 0.717) is 6.10 Å². The van der Waals surface area contributed by atoms with Crippen LogP contribution in [0, 0.1) is 5.92 Å². The van der Waals surface area contributed by atoms with Crippen LogP contribution in [0.15, 0.2) is 4.99 Å². The molecule has 0 unspecified atom stereocenters. The minimum absolute atomic E-state index is 0. The zero-order valence-corrected chi connectivity index (χ0v) is 19.7. The van der Waals surface area contributed by atoms with Gasteiger partial charge in [0.2, 0.25) is 0 Å². The molecule has 0 aromatic carbocycles. The molecule has 0 aromatic heterocycles. The van der Waals surface area contributed by atoms with Crippen LogP contribution in [0.25, 0.3) is 0 Å². The molecule has 1 saturated carbocycles. The molecule has 0 aromatic rings. The highest BCUT2D eigenvalue weighted by Crippen LogP contribution is 2.19. The summed E-state index contributed by atoms with van der Waals surface area (Å²) < 4.78 is 11.2. The number of nitrogens with one attached hydrogen (secondary N) is 2. The van der Waals surface area contributed by atoms with Gasteiger partial charge in [0.05, 0.1) is 19.3 Å². The second-order valence-electron chi connectivity index (χ2n) is 7.64. The van der Waals surface area contributed by atoms with E-state index < -0.39 is 0 Å². The molecule has 1 heterocycles. The normalized spacial score (nSPS) is 20.7. The van der Waals surface area contributed by atoms with Crippen molar-refractivity contribution in [2.75, 3.05) is 60.1 Å². The van der Waals surface area contributed by atoms with Crippen LogP contribution in [0.4, 0.5) is 0 Å². The number of aliphatic imine (C=N–C) groups is 1.